The molecule has 0 saturated carbocycles. The van der Waals surface area contributed by atoms with E-state index < -0.39 is 0 Å². The predicted octanol–water partition coefficient (Wildman–Crippen LogP) is 1.67. The lowest BCUT2D eigenvalue weighted by Crippen LogP contribution is -2.50. The molecule has 0 aromatic heterocycles. The second kappa shape index (κ2) is 8.20. The second-order valence-electron chi connectivity index (χ2n) is 6.23. The first kappa shape index (κ1) is 18.9. The van der Waals surface area contributed by atoms with E-state index in [9.17, 15) is 9.59 Å². The summed E-state index contributed by atoms with van der Waals surface area (Å²) >= 11 is 6.55. The van der Waals surface area contributed by atoms with Crippen molar-refractivity contribution in [1.82, 2.24) is 14.7 Å². The molecule has 0 atom stereocenters. The highest BCUT2D eigenvalue weighted by atomic mass is 32.2. The summed E-state index contributed by atoms with van der Waals surface area (Å²) in [6.07, 6.45) is 1.79. The van der Waals surface area contributed by atoms with Gasteiger partial charge in [0, 0.05) is 26.2 Å². The highest BCUT2D eigenvalue weighted by Gasteiger charge is 2.34. The van der Waals surface area contributed by atoms with Crippen LogP contribution in [-0.4, -0.2) is 77.7 Å². The molecule has 0 N–H and O–H groups in total. The maximum absolute atomic E-state index is 12.7. The fourth-order valence-electron chi connectivity index (χ4n) is 2.78. The summed E-state index contributed by atoms with van der Waals surface area (Å²) < 4.78 is 5.56. The van der Waals surface area contributed by atoms with Crippen molar-refractivity contribution < 1.29 is 14.3 Å². The van der Waals surface area contributed by atoms with E-state index in [0.717, 1.165) is 24.4 Å². The Labute approximate surface area is 162 Å². The van der Waals surface area contributed by atoms with Crippen molar-refractivity contribution in [2.24, 2.45) is 0 Å². The summed E-state index contributed by atoms with van der Waals surface area (Å²) in [5.41, 5.74) is 0.886. The zero-order valence-electron chi connectivity index (χ0n) is 14.8. The van der Waals surface area contributed by atoms with Crippen LogP contribution in [0.25, 0.3) is 6.08 Å². The minimum absolute atomic E-state index is 0.00827. The molecule has 3 rings (SSSR count). The van der Waals surface area contributed by atoms with Crippen molar-refractivity contribution in [2.75, 3.05) is 46.9 Å². The fraction of sp³-hybridized carbons (Fsp3) is 0.389. The van der Waals surface area contributed by atoms with Gasteiger partial charge in [0.05, 0.1) is 12.0 Å². The van der Waals surface area contributed by atoms with Crippen molar-refractivity contribution in [2.45, 2.75) is 0 Å². The van der Waals surface area contributed by atoms with E-state index in [-0.39, 0.29) is 18.4 Å². The third kappa shape index (κ3) is 4.25. The molecule has 2 heterocycles. The van der Waals surface area contributed by atoms with E-state index in [1.165, 1.54) is 16.7 Å². The monoisotopic (exact) mass is 391 g/mol. The Morgan fingerprint density at radius 2 is 1.88 bits per heavy atom. The van der Waals surface area contributed by atoms with Gasteiger partial charge in [0.15, 0.2) is 0 Å². The number of thiocarbonyl (C=S) groups is 1. The Hall–Kier alpha value is -1.90. The molecule has 1 aromatic carbocycles. The molecule has 2 saturated heterocycles. The summed E-state index contributed by atoms with van der Waals surface area (Å²) in [5.74, 6) is 0.492. The largest absolute Gasteiger partial charge is 0.497 e. The first-order valence-corrected chi connectivity index (χ1v) is 9.56. The van der Waals surface area contributed by atoms with Crippen LogP contribution in [0.5, 0.6) is 5.75 Å². The maximum atomic E-state index is 12.7. The topological polar surface area (TPSA) is 53.1 Å². The van der Waals surface area contributed by atoms with E-state index in [1.54, 1.807) is 18.1 Å². The lowest BCUT2D eigenvalue weighted by molar-refractivity contribution is -0.136. The zero-order valence-corrected chi connectivity index (χ0v) is 16.4. The maximum Gasteiger partial charge on any atom is 0.266 e. The molecule has 6 nitrogen and oxygen atoms in total. The molecule has 138 valence electrons. The molecule has 0 spiro atoms. The van der Waals surface area contributed by atoms with Gasteiger partial charge >= 0.3 is 0 Å². The summed E-state index contributed by atoms with van der Waals surface area (Å²) in [5, 5.41) is 0. The van der Waals surface area contributed by atoms with Crippen LogP contribution in [0.1, 0.15) is 5.56 Å². The molecular weight excluding hydrogens is 370 g/mol. The highest BCUT2D eigenvalue weighted by molar-refractivity contribution is 8.26. The number of benzene rings is 1. The number of methoxy groups -OCH3 is 1. The van der Waals surface area contributed by atoms with Gasteiger partial charge in [0.1, 0.15) is 16.6 Å². The van der Waals surface area contributed by atoms with Crippen LogP contribution in [0.15, 0.2) is 29.2 Å². The average Bonchev–Trinajstić information content (AvgIpc) is 2.90. The first-order valence-electron chi connectivity index (χ1n) is 8.33. The number of nitrogens with zero attached hydrogens (tertiary/aromatic N) is 3. The summed E-state index contributed by atoms with van der Waals surface area (Å²) in [6, 6.07) is 7.43. The minimum Gasteiger partial charge on any atom is -0.497 e. The third-order valence-corrected chi connectivity index (χ3v) is 5.81. The van der Waals surface area contributed by atoms with Gasteiger partial charge in [-0.1, -0.05) is 36.1 Å². The second-order valence-corrected chi connectivity index (χ2v) is 7.90. The van der Waals surface area contributed by atoms with Crippen LogP contribution in [0.4, 0.5) is 0 Å². The molecule has 0 aliphatic carbocycles. The number of carbonyl (C=O) groups excluding carboxylic acids is 2. The van der Waals surface area contributed by atoms with Gasteiger partial charge in [-0.05, 0) is 30.8 Å². The van der Waals surface area contributed by atoms with Crippen molar-refractivity contribution in [3.8, 4) is 5.75 Å². The van der Waals surface area contributed by atoms with Crippen LogP contribution >= 0.6 is 24.0 Å². The van der Waals surface area contributed by atoms with Gasteiger partial charge in [-0.2, -0.15) is 0 Å². The SMILES string of the molecule is COc1ccc(/C=C2\SC(=S)N(CC(=O)N3CCN(C)CC3)C2=O)cc1. The Morgan fingerprint density at radius 3 is 2.50 bits per heavy atom. The Balaban J connectivity index is 1.66. The molecule has 1 aromatic rings. The minimum atomic E-state index is -0.210. The number of hydrogen-bond donors (Lipinski definition) is 0. The Kier molecular flexibility index (Phi) is 5.95. The number of carbonyl (C=O) groups is 2. The predicted molar refractivity (Wildman–Crippen MR) is 107 cm³/mol. The Morgan fingerprint density at radius 1 is 1.23 bits per heavy atom. The normalized spacial score (nSPS) is 20.2. The van der Waals surface area contributed by atoms with Crippen LogP contribution in [-0.2, 0) is 9.59 Å². The number of piperazine rings is 1. The average molecular weight is 392 g/mol. The van der Waals surface area contributed by atoms with E-state index >= 15 is 0 Å². The number of ether oxygens (including phenoxy) is 1. The number of rotatable bonds is 4. The lowest BCUT2D eigenvalue weighted by Gasteiger charge is -2.33. The van der Waals surface area contributed by atoms with E-state index in [4.69, 9.17) is 17.0 Å². The van der Waals surface area contributed by atoms with Crippen LogP contribution in [0.2, 0.25) is 0 Å². The van der Waals surface area contributed by atoms with Gasteiger partial charge in [-0.15, -0.1) is 0 Å². The van der Waals surface area contributed by atoms with Gasteiger partial charge in [0.2, 0.25) is 5.91 Å². The summed E-state index contributed by atoms with van der Waals surface area (Å²) in [7, 11) is 3.64. The van der Waals surface area contributed by atoms with Crippen molar-refractivity contribution in [3.63, 3.8) is 0 Å². The van der Waals surface area contributed by atoms with Crippen molar-refractivity contribution in [3.05, 3.63) is 34.7 Å². The lowest BCUT2D eigenvalue weighted by atomic mass is 10.2. The van der Waals surface area contributed by atoms with Gasteiger partial charge < -0.3 is 14.5 Å². The first-order chi connectivity index (χ1) is 12.5. The summed E-state index contributed by atoms with van der Waals surface area (Å²) in [4.78, 5) is 31.1. The quantitative estimate of drug-likeness (QED) is 0.575. The van der Waals surface area contributed by atoms with E-state index in [2.05, 4.69) is 4.90 Å². The highest BCUT2D eigenvalue weighted by Crippen LogP contribution is 2.32. The molecule has 0 radical (unpaired) electrons. The number of amides is 2. The van der Waals surface area contributed by atoms with Gasteiger partial charge in [-0.3, -0.25) is 14.5 Å². The molecule has 0 bridgehead atoms. The molecule has 26 heavy (non-hydrogen) atoms. The molecule has 2 aliphatic heterocycles. The van der Waals surface area contributed by atoms with Crippen LogP contribution in [0, 0.1) is 0 Å². The number of hydrogen-bond acceptors (Lipinski definition) is 6. The molecule has 8 heteroatoms. The molecular formula is C18H21N3O3S2. The zero-order chi connectivity index (χ0) is 18.7. The smallest absolute Gasteiger partial charge is 0.266 e. The standard InChI is InChI=1S/C18H21N3O3S2/c1-19-7-9-20(10-8-19)16(22)12-21-17(23)15(26-18(21)25)11-13-3-5-14(24-2)6-4-13/h3-6,11H,7-10,12H2,1-2H3/b15-11-. The molecule has 0 unspecified atom stereocenters. The van der Waals surface area contributed by atoms with Crippen LogP contribution in [0.3, 0.4) is 0 Å². The third-order valence-electron chi connectivity index (χ3n) is 4.44. The molecule has 2 aliphatic rings. The Bertz CT molecular complexity index is 741. The van der Waals surface area contributed by atoms with Crippen LogP contribution < -0.4 is 4.74 Å². The van der Waals surface area contributed by atoms with Gasteiger partial charge in [0.25, 0.3) is 5.91 Å². The van der Waals surface area contributed by atoms with E-state index in [1.807, 2.05) is 31.3 Å². The molecule has 2 fully saturated rings. The van der Waals surface area contributed by atoms with Crippen molar-refractivity contribution >= 4 is 46.2 Å². The fourth-order valence-corrected chi connectivity index (χ4v) is 4.03. The van der Waals surface area contributed by atoms with E-state index in [0.29, 0.717) is 22.3 Å². The van der Waals surface area contributed by atoms with Crippen molar-refractivity contribution in [1.29, 1.82) is 0 Å². The number of likely N-dealkylation sites (N-methyl/N-ethyl adjacent to an activating group) is 1. The summed E-state index contributed by atoms with van der Waals surface area (Å²) in [6.45, 7) is 3.08. The number of thioether (sulfide) groups is 1. The van der Waals surface area contributed by atoms with Gasteiger partial charge in [-0.25, -0.2) is 0 Å². The molecule has 2 amide bonds.